The van der Waals surface area contributed by atoms with E-state index >= 15 is 0 Å². The van der Waals surface area contributed by atoms with Crippen LogP contribution in [0.25, 0.3) is 27.6 Å². The Bertz CT molecular complexity index is 1360. The Morgan fingerprint density at radius 2 is 1.83 bits per heavy atom. The highest BCUT2D eigenvalue weighted by Gasteiger charge is 2.09. The number of nitrogens with zero attached hydrogens (tertiary/aromatic N) is 5. The number of hydrogen-bond acceptors (Lipinski definition) is 6. The first kappa shape index (κ1) is 18.1. The molecule has 5 aromatic rings. The molecule has 0 saturated heterocycles. The minimum Gasteiger partial charge on any atom is -0.383 e. The van der Waals surface area contributed by atoms with Crippen molar-refractivity contribution in [1.29, 1.82) is 0 Å². The van der Waals surface area contributed by atoms with Crippen LogP contribution < -0.4 is 11.1 Å². The van der Waals surface area contributed by atoms with Crippen LogP contribution in [0.5, 0.6) is 0 Å². The molecule has 0 aliphatic heterocycles. The van der Waals surface area contributed by atoms with Gasteiger partial charge in [-0.25, -0.2) is 15.0 Å². The van der Waals surface area contributed by atoms with Crippen LogP contribution in [0.2, 0.25) is 0 Å². The van der Waals surface area contributed by atoms with Crippen LogP contribution in [-0.4, -0.2) is 31.6 Å². The molecule has 0 bridgehead atoms. The average molecular weight is 395 g/mol. The summed E-state index contributed by atoms with van der Waals surface area (Å²) in [6.07, 6.45) is 8.98. The van der Waals surface area contributed by atoms with Crippen molar-refractivity contribution < 1.29 is 0 Å². The van der Waals surface area contributed by atoms with Gasteiger partial charge in [0, 0.05) is 24.8 Å². The molecule has 1 aromatic carbocycles. The maximum absolute atomic E-state index is 5.96. The molecule has 0 unspecified atom stereocenters. The van der Waals surface area contributed by atoms with E-state index in [-0.39, 0.29) is 0 Å². The van der Waals surface area contributed by atoms with Gasteiger partial charge in [-0.05, 0) is 54.3 Å². The zero-order valence-electron chi connectivity index (χ0n) is 16.6. The topological polar surface area (TPSA) is 94.5 Å². The van der Waals surface area contributed by atoms with Crippen molar-refractivity contribution in [3.8, 4) is 5.69 Å². The van der Waals surface area contributed by atoms with E-state index in [4.69, 9.17) is 5.73 Å². The Balaban J connectivity index is 1.40. The van der Waals surface area contributed by atoms with Crippen LogP contribution in [0.4, 0.5) is 11.6 Å². The zero-order valence-corrected chi connectivity index (χ0v) is 16.6. The predicted octanol–water partition coefficient (Wildman–Crippen LogP) is 3.77. The standard InChI is InChI=1S/C23H21N7/c1-25-21-7-6-17-5-4-15(11-20(17)29-21)2-3-16-10-18(13-26-12-16)30-9-8-19-22(24)27-14-28-23(19)30/h4-14H,2-3H2,1H3,(H,25,29)(H2,24,27,28). The smallest absolute Gasteiger partial charge is 0.150 e. The number of pyridine rings is 2. The van der Waals surface area contributed by atoms with Gasteiger partial charge in [0.2, 0.25) is 0 Å². The Hall–Kier alpha value is -4.00. The molecule has 0 atom stereocenters. The van der Waals surface area contributed by atoms with E-state index in [1.807, 2.05) is 42.3 Å². The molecule has 3 N–H and O–H groups in total. The summed E-state index contributed by atoms with van der Waals surface area (Å²) in [4.78, 5) is 17.5. The van der Waals surface area contributed by atoms with Crippen LogP contribution in [0.3, 0.4) is 0 Å². The van der Waals surface area contributed by atoms with E-state index in [1.54, 1.807) is 0 Å². The maximum atomic E-state index is 5.96. The molecule has 0 amide bonds. The molecule has 30 heavy (non-hydrogen) atoms. The molecular weight excluding hydrogens is 374 g/mol. The van der Waals surface area contributed by atoms with Gasteiger partial charge in [0.1, 0.15) is 23.6 Å². The van der Waals surface area contributed by atoms with Crippen molar-refractivity contribution >= 4 is 33.6 Å². The first-order valence-corrected chi connectivity index (χ1v) is 9.80. The quantitative estimate of drug-likeness (QED) is 0.470. The van der Waals surface area contributed by atoms with Crippen LogP contribution in [0, 0.1) is 0 Å². The second kappa shape index (κ2) is 7.44. The Kier molecular flexibility index (Phi) is 4.48. The van der Waals surface area contributed by atoms with E-state index in [0.29, 0.717) is 5.82 Å². The number of benzene rings is 1. The van der Waals surface area contributed by atoms with E-state index in [2.05, 4.69) is 55.6 Å². The fourth-order valence-electron chi connectivity index (χ4n) is 3.67. The zero-order chi connectivity index (χ0) is 20.5. The molecule has 4 aromatic heterocycles. The molecule has 0 spiro atoms. The highest BCUT2D eigenvalue weighted by Crippen LogP contribution is 2.22. The molecule has 7 nitrogen and oxygen atoms in total. The SMILES string of the molecule is CNc1ccc2ccc(CCc3cncc(-n4ccc5c(N)ncnc54)c3)cc2n1. The number of fused-ring (bicyclic) bond motifs is 2. The lowest BCUT2D eigenvalue weighted by Gasteiger charge is -2.08. The molecule has 148 valence electrons. The summed E-state index contributed by atoms with van der Waals surface area (Å²) < 4.78 is 1.99. The third-order valence-corrected chi connectivity index (χ3v) is 5.29. The van der Waals surface area contributed by atoms with Crippen molar-refractivity contribution in [2.24, 2.45) is 0 Å². The Labute approximate surface area is 173 Å². The summed E-state index contributed by atoms with van der Waals surface area (Å²) >= 11 is 0. The monoisotopic (exact) mass is 395 g/mol. The van der Waals surface area contributed by atoms with Gasteiger partial charge >= 0.3 is 0 Å². The number of nitrogens with two attached hydrogens (primary N) is 1. The number of hydrogen-bond donors (Lipinski definition) is 2. The van der Waals surface area contributed by atoms with Crippen molar-refractivity contribution in [3.05, 3.63) is 78.5 Å². The van der Waals surface area contributed by atoms with Gasteiger partial charge in [-0.3, -0.25) is 9.55 Å². The minimum absolute atomic E-state index is 0.481. The van der Waals surface area contributed by atoms with E-state index < -0.39 is 0 Å². The maximum Gasteiger partial charge on any atom is 0.150 e. The Morgan fingerprint density at radius 1 is 0.967 bits per heavy atom. The van der Waals surface area contributed by atoms with Gasteiger partial charge in [-0.15, -0.1) is 0 Å². The summed E-state index contributed by atoms with van der Waals surface area (Å²) in [6.45, 7) is 0. The highest BCUT2D eigenvalue weighted by molar-refractivity contribution is 5.87. The number of nitrogens with one attached hydrogen (secondary N) is 1. The van der Waals surface area contributed by atoms with Crippen molar-refractivity contribution in [2.75, 3.05) is 18.1 Å². The number of anilines is 2. The lowest BCUT2D eigenvalue weighted by Crippen LogP contribution is -1.99. The fraction of sp³-hybridized carbons (Fsp3) is 0.130. The van der Waals surface area contributed by atoms with Crippen molar-refractivity contribution in [3.63, 3.8) is 0 Å². The number of rotatable bonds is 5. The summed E-state index contributed by atoms with van der Waals surface area (Å²) in [5.41, 5.74) is 11.1. The molecule has 0 radical (unpaired) electrons. The fourth-order valence-corrected chi connectivity index (χ4v) is 3.67. The van der Waals surface area contributed by atoms with E-state index in [1.165, 1.54) is 11.9 Å². The average Bonchev–Trinajstić information content (AvgIpc) is 3.23. The van der Waals surface area contributed by atoms with Crippen molar-refractivity contribution in [2.45, 2.75) is 12.8 Å². The van der Waals surface area contributed by atoms with Gasteiger partial charge in [-0.2, -0.15) is 0 Å². The molecule has 0 saturated carbocycles. The van der Waals surface area contributed by atoms with Crippen molar-refractivity contribution in [1.82, 2.24) is 24.5 Å². The lowest BCUT2D eigenvalue weighted by atomic mass is 10.0. The van der Waals surface area contributed by atoms with E-state index in [0.717, 1.165) is 51.8 Å². The molecule has 4 heterocycles. The lowest BCUT2D eigenvalue weighted by molar-refractivity contribution is 0.941. The third-order valence-electron chi connectivity index (χ3n) is 5.29. The molecule has 0 aliphatic rings. The summed E-state index contributed by atoms with van der Waals surface area (Å²) in [5, 5.41) is 5.07. The van der Waals surface area contributed by atoms with Crippen LogP contribution in [0.1, 0.15) is 11.1 Å². The van der Waals surface area contributed by atoms with Gasteiger partial charge in [0.05, 0.1) is 22.8 Å². The second-order valence-corrected chi connectivity index (χ2v) is 7.21. The first-order valence-electron chi connectivity index (χ1n) is 9.80. The minimum atomic E-state index is 0.481. The molecular formula is C23H21N7. The van der Waals surface area contributed by atoms with Crippen LogP contribution in [0.15, 0.2) is 67.4 Å². The first-order chi connectivity index (χ1) is 14.7. The van der Waals surface area contributed by atoms with Gasteiger partial charge in [0.25, 0.3) is 0 Å². The summed E-state index contributed by atoms with van der Waals surface area (Å²) in [7, 11) is 1.88. The number of aryl methyl sites for hydroxylation is 2. The normalized spacial score (nSPS) is 11.2. The largest absolute Gasteiger partial charge is 0.383 e. The third kappa shape index (κ3) is 3.30. The molecule has 0 aliphatic carbocycles. The van der Waals surface area contributed by atoms with Gasteiger partial charge in [-0.1, -0.05) is 12.1 Å². The number of nitrogen functional groups attached to an aromatic ring is 1. The number of aromatic nitrogens is 5. The molecule has 0 fully saturated rings. The van der Waals surface area contributed by atoms with E-state index in [9.17, 15) is 0 Å². The second-order valence-electron chi connectivity index (χ2n) is 7.21. The van der Waals surface area contributed by atoms with Gasteiger partial charge < -0.3 is 11.1 Å². The summed E-state index contributed by atoms with van der Waals surface area (Å²) in [5.74, 6) is 1.36. The van der Waals surface area contributed by atoms with Gasteiger partial charge in [0.15, 0.2) is 0 Å². The molecule has 7 heteroatoms. The van der Waals surface area contributed by atoms with Crippen LogP contribution in [-0.2, 0) is 12.8 Å². The summed E-state index contributed by atoms with van der Waals surface area (Å²) in [6, 6.07) is 14.6. The Morgan fingerprint density at radius 3 is 2.73 bits per heavy atom. The van der Waals surface area contributed by atoms with Crippen LogP contribution >= 0.6 is 0 Å². The molecule has 5 rings (SSSR count). The predicted molar refractivity (Wildman–Crippen MR) is 120 cm³/mol. The highest BCUT2D eigenvalue weighted by atomic mass is 15.1.